The minimum Gasteiger partial charge on any atom is -0.307 e. The van der Waals surface area contributed by atoms with E-state index in [2.05, 4.69) is 43.6 Å². The van der Waals surface area contributed by atoms with Gasteiger partial charge in [-0.25, -0.2) is 4.98 Å². The molecule has 0 fully saturated rings. The van der Waals surface area contributed by atoms with Crippen molar-refractivity contribution in [3.8, 4) is 0 Å². The fraction of sp³-hybridized carbons (Fsp3) is 0.643. The van der Waals surface area contributed by atoms with Gasteiger partial charge in [-0.15, -0.1) is 11.3 Å². The normalized spacial score (nSPS) is 20.8. The number of rotatable bonds is 3. The zero-order valence-electron chi connectivity index (χ0n) is 11.0. The molecule has 0 amide bonds. The van der Waals surface area contributed by atoms with Crippen LogP contribution in [-0.2, 0) is 12.0 Å². The monoisotopic (exact) mass is 250 g/mol. The van der Waals surface area contributed by atoms with Crippen LogP contribution in [0.1, 0.15) is 50.7 Å². The van der Waals surface area contributed by atoms with E-state index < -0.39 is 0 Å². The van der Waals surface area contributed by atoms with Crippen LogP contribution in [-0.4, -0.2) is 11.0 Å². The molecule has 0 spiro atoms. The van der Waals surface area contributed by atoms with Crippen molar-refractivity contribution in [3.05, 3.63) is 28.2 Å². The lowest BCUT2D eigenvalue weighted by atomic mass is 9.93. The van der Waals surface area contributed by atoms with E-state index in [1.165, 1.54) is 23.5 Å². The van der Waals surface area contributed by atoms with Gasteiger partial charge in [-0.05, 0) is 19.3 Å². The molecular weight excluding hydrogens is 228 g/mol. The summed E-state index contributed by atoms with van der Waals surface area (Å²) in [4.78, 5) is 4.70. The molecule has 17 heavy (non-hydrogen) atoms. The van der Waals surface area contributed by atoms with Gasteiger partial charge in [0.25, 0.3) is 0 Å². The van der Waals surface area contributed by atoms with Crippen LogP contribution in [0.3, 0.4) is 0 Å². The van der Waals surface area contributed by atoms with E-state index in [-0.39, 0.29) is 5.41 Å². The smallest absolute Gasteiger partial charge is 0.107 e. The molecule has 1 N–H and O–H groups in total. The van der Waals surface area contributed by atoms with Crippen molar-refractivity contribution >= 4 is 11.3 Å². The molecule has 2 nitrogen and oxygen atoms in total. The Labute approximate surface area is 108 Å². The van der Waals surface area contributed by atoms with Gasteiger partial charge < -0.3 is 5.32 Å². The fourth-order valence-electron chi connectivity index (χ4n) is 1.95. The molecule has 0 aromatic carbocycles. The highest BCUT2D eigenvalue weighted by atomic mass is 32.1. The SMILES string of the molecule is CC(C)(C)c1csc(CNC2CC=CCC2)n1. The van der Waals surface area contributed by atoms with Crippen LogP contribution in [0.25, 0.3) is 0 Å². The van der Waals surface area contributed by atoms with Crippen LogP contribution >= 0.6 is 11.3 Å². The first-order chi connectivity index (χ1) is 8.05. The van der Waals surface area contributed by atoms with E-state index in [0.29, 0.717) is 6.04 Å². The molecular formula is C14H22N2S. The van der Waals surface area contributed by atoms with E-state index in [4.69, 9.17) is 4.98 Å². The van der Waals surface area contributed by atoms with Gasteiger partial charge in [0.1, 0.15) is 5.01 Å². The van der Waals surface area contributed by atoms with Gasteiger partial charge in [0.2, 0.25) is 0 Å². The van der Waals surface area contributed by atoms with Crippen molar-refractivity contribution in [2.75, 3.05) is 0 Å². The van der Waals surface area contributed by atoms with Crippen LogP contribution in [0, 0.1) is 0 Å². The standard InChI is InChI=1S/C14H22N2S/c1-14(2,3)12-10-17-13(16-12)9-15-11-7-5-4-6-8-11/h4-5,10-11,15H,6-9H2,1-3H3. The Morgan fingerprint density at radius 2 is 2.24 bits per heavy atom. The molecule has 0 saturated carbocycles. The lowest BCUT2D eigenvalue weighted by molar-refractivity contribution is 0.472. The molecule has 1 aliphatic rings. The highest BCUT2D eigenvalue weighted by molar-refractivity contribution is 7.09. The third kappa shape index (κ3) is 3.65. The predicted molar refractivity (Wildman–Crippen MR) is 74.4 cm³/mol. The summed E-state index contributed by atoms with van der Waals surface area (Å²) in [5, 5.41) is 7.00. The lowest BCUT2D eigenvalue weighted by Crippen LogP contribution is -2.29. The molecule has 94 valence electrons. The summed E-state index contributed by atoms with van der Waals surface area (Å²) in [5.74, 6) is 0. The van der Waals surface area contributed by atoms with E-state index in [0.717, 1.165) is 13.0 Å². The second-order valence-corrected chi connectivity index (χ2v) is 6.68. The number of nitrogens with one attached hydrogen (secondary N) is 1. The van der Waals surface area contributed by atoms with Crippen LogP contribution in [0.4, 0.5) is 0 Å². The van der Waals surface area contributed by atoms with Crippen LogP contribution in [0.2, 0.25) is 0 Å². The van der Waals surface area contributed by atoms with Crippen molar-refractivity contribution < 1.29 is 0 Å². The quantitative estimate of drug-likeness (QED) is 0.828. The summed E-state index contributed by atoms with van der Waals surface area (Å²) in [7, 11) is 0. The lowest BCUT2D eigenvalue weighted by Gasteiger charge is -2.18. The number of hydrogen-bond donors (Lipinski definition) is 1. The average Bonchev–Trinajstić information content (AvgIpc) is 2.76. The largest absolute Gasteiger partial charge is 0.307 e. The molecule has 1 aliphatic carbocycles. The van der Waals surface area contributed by atoms with E-state index in [1.54, 1.807) is 11.3 Å². The second-order valence-electron chi connectivity index (χ2n) is 5.74. The minimum absolute atomic E-state index is 0.169. The summed E-state index contributed by atoms with van der Waals surface area (Å²) >= 11 is 1.77. The number of aromatic nitrogens is 1. The first-order valence-corrected chi connectivity index (χ1v) is 7.27. The number of thiazole rings is 1. The zero-order chi connectivity index (χ0) is 12.3. The molecule has 1 heterocycles. The third-order valence-electron chi connectivity index (χ3n) is 3.13. The molecule has 0 radical (unpaired) electrons. The Morgan fingerprint density at radius 3 is 2.82 bits per heavy atom. The Bertz CT molecular complexity index is 387. The number of hydrogen-bond acceptors (Lipinski definition) is 3. The minimum atomic E-state index is 0.169. The van der Waals surface area contributed by atoms with Crippen LogP contribution in [0.15, 0.2) is 17.5 Å². The fourth-order valence-corrected chi connectivity index (χ4v) is 2.92. The van der Waals surface area contributed by atoms with Gasteiger partial charge in [0, 0.05) is 23.4 Å². The van der Waals surface area contributed by atoms with Gasteiger partial charge in [-0.3, -0.25) is 0 Å². The van der Waals surface area contributed by atoms with Crippen molar-refractivity contribution in [2.45, 2.75) is 58.0 Å². The van der Waals surface area contributed by atoms with Crippen LogP contribution < -0.4 is 5.32 Å². The molecule has 0 saturated heterocycles. The molecule has 1 aromatic rings. The van der Waals surface area contributed by atoms with E-state index >= 15 is 0 Å². The van der Waals surface area contributed by atoms with E-state index in [9.17, 15) is 0 Å². The Hall–Kier alpha value is -0.670. The van der Waals surface area contributed by atoms with Gasteiger partial charge in [0.05, 0.1) is 5.69 Å². The summed E-state index contributed by atoms with van der Waals surface area (Å²) in [6.45, 7) is 7.56. The summed E-state index contributed by atoms with van der Waals surface area (Å²) < 4.78 is 0. The summed E-state index contributed by atoms with van der Waals surface area (Å²) in [6, 6.07) is 0.641. The highest BCUT2D eigenvalue weighted by Gasteiger charge is 2.17. The average molecular weight is 250 g/mol. The van der Waals surface area contributed by atoms with Gasteiger partial charge >= 0.3 is 0 Å². The predicted octanol–water partition coefficient (Wildman–Crippen LogP) is 3.64. The van der Waals surface area contributed by atoms with Crippen LogP contribution in [0.5, 0.6) is 0 Å². The molecule has 3 heteroatoms. The second kappa shape index (κ2) is 5.32. The molecule has 1 unspecified atom stereocenters. The molecule has 1 atom stereocenters. The van der Waals surface area contributed by atoms with Crippen molar-refractivity contribution in [2.24, 2.45) is 0 Å². The van der Waals surface area contributed by atoms with Crippen molar-refractivity contribution in [1.29, 1.82) is 0 Å². The highest BCUT2D eigenvalue weighted by Crippen LogP contribution is 2.24. The first kappa shape index (κ1) is 12.8. The molecule has 2 rings (SSSR count). The molecule has 1 aromatic heterocycles. The maximum absolute atomic E-state index is 4.70. The third-order valence-corrected chi connectivity index (χ3v) is 3.98. The first-order valence-electron chi connectivity index (χ1n) is 6.39. The van der Waals surface area contributed by atoms with Crippen molar-refractivity contribution in [3.63, 3.8) is 0 Å². The Kier molecular flexibility index (Phi) is 4.00. The Morgan fingerprint density at radius 1 is 1.41 bits per heavy atom. The maximum atomic E-state index is 4.70. The molecule has 0 aliphatic heterocycles. The topological polar surface area (TPSA) is 24.9 Å². The molecule has 0 bridgehead atoms. The van der Waals surface area contributed by atoms with Crippen molar-refractivity contribution in [1.82, 2.24) is 10.3 Å². The maximum Gasteiger partial charge on any atom is 0.107 e. The summed E-state index contributed by atoms with van der Waals surface area (Å²) in [6.07, 6.45) is 8.19. The number of nitrogens with zero attached hydrogens (tertiary/aromatic N) is 1. The number of allylic oxidation sites excluding steroid dienone is 1. The van der Waals surface area contributed by atoms with Gasteiger partial charge in [-0.2, -0.15) is 0 Å². The van der Waals surface area contributed by atoms with E-state index in [1.807, 2.05) is 0 Å². The van der Waals surface area contributed by atoms with Gasteiger partial charge in [-0.1, -0.05) is 32.9 Å². The van der Waals surface area contributed by atoms with Gasteiger partial charge in [0.15, 0.2) is 0 Å². The Balaban J connectivity index is 1.87. The summed E-state index contributed by atoms with van der Waals surface area (Å²) in [5.41, 5.74) is 1.38. The zero-order valence-corrected chi connectivity index (χ0v) is 11.8.